The topological polar surface area (TPSA) is 0 Å². The summed E-state index contributed by atoms with van der Waals surface area (Å²) >= 11 is 0. The Kier molecular flexibility index (Phi) is 3.73. The van der Waals surface area contributed by atoms with Crippen molar-refractivity contribution in [1.29, 1.82) is 0 Å². The smallest absolute Gasteiger partial charge is 0.118 e. The minimum absolute atomic E-state index is 0.180. The number of hydrogen-bond acceptors (Lipinski definition) is 0. The molecule has 0 saturated carbocycles. The van der Waals surface area contributed by atoms with Crippen LogP contribution < -0.4 is 0 Å². The minimum atomic E-state index is -4.26. The Hall–Kier alpha value is -1.81. The fourth-order valence-electron chi connectivity index (χ4n) is 2.77. The Morgan fingerprint density at radius 2 is 1.55 bits per heavy atom. The molecule has 0 fully saturated rings. The first-order valence-corrected chi connectivity index (χ1v) is 8.33. The van der Waals surface area contributed by atoms with Crippen LogP contribution in [0.1, 0.15) is 25.3 Å². The standard InChI is InChI=1S/C18H16F3S/c1-12(2)14-8-4-5-9-15(14)17-11-13-7-3-6-10-16(13)22(17)18(19,20)21/h3-12H,1-2H3/q+1. The van der Waals surface area contributed by atoms with Gasteiger partial charge in [0, 0.05) is 17.0 Å². The van der Waals surface area contributed by atoms with E-state index in [1.807, 2.05) is 32.0 Å². The van der Waals surface area contributed by atoms with Crippen molar-refractivity contribution in [3.63, 3.8) is 0 Å². The van der Waals surface area contributed by atoms with Gasteiger partial charge in [-0.3, -0.25) is 0 Å². The van der Waals surface area contributed by atoms with Gasteiger partial charge in [-0.25, -0.2) is 0 Å². The fourth-order valence-corrected chi connectivity index (χ4v) is 4.73. The fraction of sp³-hybridized carbons (Fsp3) is 0.222. The Morgan fingerprint density at radius 1 is 0.909 bits per heavy atom. The molecule has 1 unspecified atom stereocenters. The number of thiophene rings is 1. The average Bonchev–Trinajstić information content (AvgIpc) is 2.86. The number of halogens is 3. The monoisotopic (exact) mass is 321 g/mol. The molecule has 4 heteroatoms. The van der Waals surface area contributed by atoms with E-state index in [0.717, 1.165) is 5.56 Å². The van der Waals surface area contributed by atoms with Crippen LogP contribution in [0.25, 0.3) is 20.5 Å². The molecule has 22 heavy (non-hydrogen) atoms. The lowest BCUT2D eigenvalue weighted by atomic mass is 9.96. The van der Waals surface area contributed by atoms with E-state index < -0.39 is 16.0 Å². The molecule has 0 aliphatic heterocycles. The number of benzene rings is 2. The summed E-state index contributed by atoms with van der Waals surface area (Å²) in [5.41, 5.74) is -2.58. The van der Waals surface area contributed by atoms with Crippen molar-refractivity contribution in [3.8, 4) is 10.4 Å². The zero-order valence-electron chi connectivity index (χ0n) is 12.3. The molecular formula is C18H16F3S+. The van der Waals surface area contributed by atoms with Crippen LogP contribution >= 0.6 is 10.5 Å². The Bertz CT molecular complexity index is 813. The van der Waals surface area contributed by atoms with Crippen molar-refractivity contribution >= 4 is 20.6 Å². The Morgan fingerprint density at radius 3 is 2.23 bits per heavy atom. The van der Waals surface area contributed by atoms with Crippen LogP contribution in [0.5, 0.6) is 0 Å². The van der Waals surface area contributed by atoms with E-state index in [1.165, 1.54) is 0 Å². The van der Waals surface area contributed by atoms with E-state index in [9.17, 15) is 13.2 Å². The number of hydrogen-bond donors (Lipinski definition) is 0. The van der Waals surface area contributed by atoms with Gasteiger partial charge >= 0.3 is 5.51 Å². The van der Waals surface area contributed by atoms with Crippen LogP contribution in [0.3, 0.4) is 0 Å². The molecule has 0 amide bonds. The summed E-state index contributed by atoms with van der Waals surface area (Å²) in [4.78, 5) is 0.387. The first kappa shape index (κ1) is 15.1. The van der Waals surface area contributed by atoms with Crippen LogP contribution in [0.4, 0.5) is 13.2 Å². The quantitative estimate of drug-likeness (QED) is 0.452. The first-order valence-electron chi connectivity index (χ1n) is 7.10. The van der Waals surface area contributed by atoms with E-state index in [2.05, 4.69) is 0 Å². The molecule has 3 rings (SSSR count). The zero-order chi connectivity index (χ0) is 15.9. The van der Waals surface area contributed by atoms with Crippen molar-refractivity contribution in [3.05, 3.63) is 60.2 Å². The summed E-state index contributed by atoms with van der Waals surface area (Å²) in [6.45, 7) is 4.01. The number of fused-ring (bicyclic) bond motifs is 1. The molecule has 114 valence electrons. The third kappa shape index (κ3) is 2.52. The van der Waals surface area contributed by atoms with E-state index in [0.29, 0.717) is 20.5 Å². The summed E-state index contributed by atoms with van der Waals surface area (Å²) < 4.78 is 41.4. The maximum atomic E-state index is 13.7. The summed E-state index contributed by atoms with van der Waals surface area (Å²) in [5.74, 6) is 0.180. The van der Waals surface area contributed by atoms with E-state index in [4.69, 9.17) is 0 Å². The van der Waals surface area contributed by atoms with Gasteiger partial charge < -0.3 is 0 Å². The predicted molar refractivity (Wildman–Crippen MR) is 87.3 cm³/mol. The molecule has 0 saturated heterocycles. The van der Waals surface area contributed by atoms with Gasteiger partial charge in [0.25, 0.3) is 0 Å². The lowest BCUT2D eigenvalue weighted by molar-refractivity contribution is -0.0864. The van der Waals surface area contributed by atoms with Crippen molar-refractivity contribution in [1.82, 2.24) is 0 Å². The van der Waals surface area contributed by atoms with E-state index in [-0.39, 0.29) is 5.92 Å². The molecular weight excluding hydrogens is 305 g/mol. The van der Waals surface area contributed by atoms with Crippen LogP contribution in [0.2, 0.25) is 0 Å². The summed E-state index contributed by atoms with van der Waals surface area (Å²) in [7, 11) is -1.87. The van der Waals surface area contributed by atoms with Gasteiger partial charge in [0.2, 0.25) is 0 Å². The SMILES string of the molecule is CC(C)c1ccccc1-c1cc2ccccc2[s+]1C(F)(F)F. The highest BCUT2D eigenvalue weighted by Crippen LogP contribution is 2.55. The molecule has 0 aliphatic rings. The summed E-state index contributed by atoms with van der Waals surface area (Å²) in [5, 5.41) is 0.678. The van der Waals surface area contributed by atoms with E-state index >= 15 is 0 Å². The second-order valence-electron chi connectivity index (χ2n) is 5.54. The third-order valence-corrected chi connectivity index (χ3v) is 5.78. The van der Waals surface area contributed by atoms with Gasteiger partial charge in [-0.1, -0.05) is 44.2 Å². The van der Waals surface area contributed by atoms with Crippen LogP contribution in [-0.2, 0) is 5.51 Å². The van der Waals surface area contributed by atoms with Crippen LogP contribution in [-0.4, -0.2) is 0 Å². The second-order valence-corrected chi connectivity index (χ2v) is 7.50. The van der Waals surface area contributed by atoms with Gasteiger partial charge in [-0.2, -0.15) is 0 Å². The van der Waals surface area contributed by atoms with Gasteiger partial charge in [0.05, 0.1) is 0 Å². The van der Waals surface area contributed by atoms with Crippen molar-refractivity contribution in [2.45, 2.75) is 25.3 Å². The molecule has 1 aromatic heterocycles. The van der Waals surface area contributed by atoms with Crippen LogP contribution in [0, 0.1) is 0 Å². The molecule has 0 nitrogen and oxygen atoms in total. The molecule has 1 heterocycles. The summed E-state index contributed by atoms with van der Waals surface area (Å²) in [6, 6.07) is 15.9. The Labute approximate surface area is 130 Å². The maximum absolute atomic E-state index is 13.7. The average molecular weight is 321 g/mol. The lowest BCUT2D eigenvalue weighted by Crippen LogP contribution is -1.98. The zero-order valence-corrected chi connectivity index (χ0v) is 13.1. The largest absolute Gasteiger partial charge is 0.601 e. The van der Waals surface area contributed by atoms with Gasteiger partial charge in [-0.05, 0) is 29.7 Å². The lowest BCUT2D eigenvalue weighted by Gasteiger charge is -2.10. The number of rotatable bonds is 2. The molecule has 0 N–H and O–H groups in total. The van der Waals surface area contributed by atoms with Crippen molar-refractivity contribution in [2.75, 3.05) is 0 Å². The van der Waals surface area contributed by atoms with Crippen molar-refractivity contribution in [2.24, 2.45) is 0 Å². The van der Waals surface area contributed by atoms with Gasteiger partial charge in [0.1, 0.15) is 10.5 Å². The minimum Gasteiger partial charge on any atom is -0.118 e. The normalized spacial score (nSPS) is 13.1. The third-order valence-electron chi connectivity index (χ3n) is 3.73. The van der Waals surface area contributed by atoms with Crippen molar-refractivity contribution < 1.29 is 13.2 Å². The summed E-state index contributed by atoms with van der Waals surface area (Å²) in [6.07, 6.45) is 0. The Balaban J connectivity index is 2.37. The molecule has 0 radical (unpaired) electrons. The molecule has 0 spiro atoms. The first-order chi connectivity index (χ1) is 10.4. The van der Waals surface area contributed by atoms with Crippen LogP contribution in [0.15, 0.2) is 54.6 Å². The molecule has 1 atom stereocenters. The second kappa shape index (κ2) is 5.43. The molecule has 2 aromatic carbocycles. The number of alkyl halides is 3. The highest BCUT2D eigenvalue weighted by Gasteiger charge is 2.48. The molecule has 3 aromatic rings. The highest BCUT2D eigenvalue weighted by atomic mass is 32.2. The van der Waals surface area contributed by atoms with Gasteiger partial charge in [-0.15, -0.1) is 13.2 Å². The molecule has 0 bridgehead atoms. The predicted octanol–water partition coefficient (Wildman–Crippen LogP) is 6.86. The molecule has 0 aliphatic carbocycles. The maximum Gasteiger partial charge on any atom is 0.601 e. The van der Waals surface area contributed by atoms with Gasteiger partial charge in [0.15, 0.2) is 9.58 Å². The highest BCUT2D eigenvalue weighted by molar-refractivity contribution is 7.41. The van der Waals surface area contributed by atoms with E-state index in [1.54, 1.807) is 36.4 Å².